The largest absolute Gasteiger partial charge is 0.480 e. The van der Waals surface area contributed by atoms with Gasteiger partial charge in [-0.15, -0.1) is 0 Å². The first kappa shape index (κ1) is 14.1. The molecule has 6 heteroatoms. The maximum atomic E-state index is 11.2. The highest BCUT2D eigenvalue weighted by Crippen LogP contribution is 2.21. The summed E-state index contributed by atoms with van der Waals surface area (Å²) in [5.74, 6) is -0.738. The maximum Gasteiger partial charge on any atom is 0.320 e. The lowest BCUT2D eigenvalue weighted by Crippen LogP contribution is -2.35. The molecule has 21 heavy (non-hydrogen) atoms. The summed E-state index contributed by atoms with van der Waals surface area (Å²) in [6, 6.07) is 7.06. The van der Waals surface area contributed by atoms with E-state index < -0.39 is 5.97 Å². The Bertz CT molecular complexity index is 639. The highest BCUT2D eigenvalue weighted by Gasteiger charge is 2.30. The molecule has 1 atom stereocenters. The molecule has 0 spiro atoms. The number of carboxylic acid groups (broad SMARTS) is 1. The van der Waals surface area contributed by atoms with E-state index in [2.05, 4.69) is 5.10 Å². The fourth-order valence-electron chi connectivity index (χ4n) is 2.71. The Balaban J connectivity index is 1.73. The predicted octanol–water partition coefficient (Wildman–Crippen LogP) is 2.57. The van der Waals surface area contributed by atoms with Crippen LogP contribution in [-0.2, 0) is 11.3 Å². The van der Waals surface area contributed by atoms with Gasteiger partial charge in [0, 0.05) is 23.3 Å². The van der Waals surface area contributed by atoms with Crippen molar-refractivity contribution in [3.63, 3.8) is 0 Å². The lowest BCUT2D eigenvalue weighted by atomic mass is 10.2. The van der Waals surface area contributed by atoms with E-state index in [0.29, 0.717) is 11.6 Å². The fourth-order valence-corrected chi connectivity index (χ4v) is 2.83. The first-order chi connectivity index (χ1) is 10.1. The Morgan fingerprint density at radius 3 is 2.86 bits per heavy atom. The number of hydrogen-bond donors (Lipinski definition) is 1. The van der Waals surface area contributed by atoms with Gasteiger partial charge >= 0.3 is 5.97 Å². The second-order valence-corrected chi connectivity index (χ2v) is 5.67. The summed E-state index contributed by atoms with van der Waals surface area (Å²) in [7, 11) is 0. The van der Waals surface area contributed by atoms with Crippen LogP contribution in [-0.4, -0.2) is 38.3 Å². The van der Waals surface area contributed by atoms with Crippen LogP contribution in [0.25, 0.3) is 5.69 Å². The quantitative estimate of drug-likeness (QED) is 0.943. The van der Waals surface area contributed by atoms with Crippen LogP contribution in [0.2, 0.25) is 5.02 Å². The summed E-state index contributed by atoms with van der Waals surface area (Å²) in [6.07, 6.45) is 5.37. The molecule has 3 rings (SSSR count). The van der Waals surface area contributed by atoms with Gasteiger partial charge in [0.25, 0.3) is 0 Å². The second kappa shape index (κ2) is 5.87. The number of nitrogens with zero attached hydrogens (tertiary/aromatic N) is 3. The normalized spacial score (nSPS) is 19.0. The van der Waals surface area contributed by atoms with E-state index in [4.69, 9.17) is 11.6 Å². The summed E-state index contributed by atoms with van der Waals surface area (Å²) < 4.78 is 1.78. The number of hydrogen-bond acceptors (Lipinski definition) is 3. The van der Waals surface area contributed by atoms with Gasteiger partial charge in [0.2, 0.25) is 0 Å². The first-order valence-electron chi connectivity index (χ1n) is 6.90. The number of benzene rings is 1. The molecule has 1 saturated heterocycles. The molecule has 2 aromatic rings. The molecule has 0 amide bonds. The van der Waals surface area contributed by atoms with E-state index in [1.165, 1.54) is 0 Å². The molecule has 1 N–H and O–H groups in total. The number of aromatic nitrogens is 2. The number of aliphatic carboxylic acids is 1. The smallest absolute Gasteiger partial charge is 0.320 e. The third-order valence-electron chi connectivity index (χ3n) is 3.76. The first-order valence-corrected chi connectivity index (χ1v) is 7.27. The molecule has 0 unspecified atom stereocenters. The van der Waals surface area contributed by atoms with Gasteiger partial charge < -0.3 is 5.11 Å². The van der Waals surface area contributed by atoms with Crippen molar-refractivity contribution in [3.05, 3.63) is 47.2 Å². The van der Waals surface area contributed by atoms with E-state index in [-0.39, 0.29) is 6.04 Å². The van der Waals surface area contributed by atoms with Crippen molar-refractivity contribution in [1.82, 2.24) is 14.7 Å². The molecule has 1 aromatic carbocycles. The van der Waals surface area contributed by atoms with Crippen molar-refractivity contribution in [1.29, 1.82) is 0 Å². The molecule has 1 aliphatic heterocycles. The molecule has 110 valence electrons. The zero-order chi connectivity index (χ0) is 14.8. The summed E-state index contributed by atoms with van der Waals surface area (Å²) in [4.78, 5) is 13.2. The number of carbonyl (C=O) groups is 1. The third kappa shape index (κ3) is 3.09. The number of likely N-dealkylation sites (tertiary alicyclic amines) is 1. The topological polar surface area (TPSA) is 58.4 Å². The average Bonchev–Trinajstić information content (AvgIpc) is 3.09. The Labute approximate surface area is 127 Å². The molecule has 5 nitrogen and oxygen atoms in total. The number of carboxylic acids is 1. The summed E-state index contributed by atoms with van der Waals surface area (Å²) >= 11 is 5.87. The lowest BCUT2D eigenvalue weighted by Gasteiger charge is -2.19. The van der Waals surface area contributed by atoms with Gasteiger partial charge in [0.15, 0.2) is 0 Å². The third-order valence-corrected chi connectivity index (χ3v) is 4.01. The summed E-state index contributed by atoms with van der Waals surface area (Å²) in [5, 5.41) is 14.2. The monoisotopic (exact) mass is 305 g/mol. The molecule has 1 fully saturated rings. The zero-order valence-corrected chi connectivity index (χ0v) is 12.2. The van der Waals surface area contributed by atoms with Crippen LogP contribution in [0.4, 0.5) is 0 Å². The van der Waals surface area contributed by atoms with Crippen molar-refractivity contribution in [2.24, 2.45) is 0 Å². The molecule has 2 heterocycles. The molecule has 0 radical (unpaired) electrons. The molecule has 1 aliphatic rings. The SMILES string of the molecule is O=C(O)[C@H]1CCCN1Cc1cnn(-c2ccc(Cl)cc2)c1. The van der Waals surface area contributed by atoms with Crippen molar-refractivity contribution >= 4 is 17.6 Å². The van der Waals surface area contributed by atoms with Crippen LogP contribution in [0.5, 0.6) is 0 Å². The van der Waals surface area contributed by atoms with Crippen LogP contribution in [0, 0.1) is 0 Å². The van der Waals surface area contributed by atoms with Crippen LogP contribution in [0.1, 0.15) is 18.4 Å². The average molecular weight is 306 g/mol. The summed E-state index contributed by atoms with van der Waals surface area (Å²) in [6.45, 7) is 1.44. The van der Waals surface area contributed by atoms with Crippen molar-refractivity contribution in [2.45, 2.75) is 25.4 Å². The lowest BCUT2D eigenvalue weighted by molar-refractivity contribution is -0.142. The van der Waals surface area contributed by atoms with E-state index in [9.17, 15) is 9.90 Å². The van der Waals surface area contributed by atoms with Crippen molar-refractivity contribution in [2.75, 3.05) is 6.54 Å². The highest BCUT2D eigenvalue weighted by molar-refractivity contribution is 6.30. The second-order valence-electron chi connectivity index (χ2n) is 5.24. The molecular weight excluding hydrogens is 290 g/mol. The minimum Gasteiger partial charge on any atom is -0.480 e. The number of halogens is 1. The minimum absolute atomic E-state index is 0.371. The predicted molar refractivity (Wildman–Crippen MR) is 79.6 cm³/mol. The van der Waals surface area contributed by atoms with Crippen LogP contribution < -0.4 is 0 Å². The fraction of sp³-hybridized carbons (Fsp3) is 0.333. The summed E-state index contributed by atoms with van der Waals surface area (Å²) in [5.41, 5.74) is 1.94. The van der Waals surface area contributed by atoms with E-state index >= 15 is 0 Å². The van der Waals surface area contributed by atoms with Crippen molar-refractivity contribution in [3.8, 4) is 5.69 Å². The van der Waals surface area contributed by atoms with Gasteiger partial charge in [0.05, 0.1) is 11.9 Å². The van der Waals surface area contributed by atoms with Crippen LogP contribution >= 0.6 is 11.6 Å². The Morgan fingerprint density at radius 1 is 1.38 bits per heavy atom. The van der Waals surface area contributed by atoms with Crippen molar-refractivity contribution < 1.29 is 9.90 Å². The highest BCUT2D eigenvalue weighted by atomic mass is 35.5. The Hall–Kier alpha value is -1.85. The Morgan fingerprint density at radius 2 is 2.14 bits per heavy atom. The minimum atomic E-state index is -0.738. The zero-order valence-electron chi connectivity index (χ0n) is 11.4. The molecule has 0 aliphatic carbocycles. The Kier molecular flexibility index (Phi) is 3.94. The van der Waals surface area contributed by atoms with E-state index in [1.807, 2.05) is 35.4 Å². The standard InChI is InChI=1S/C15H16ClN3O2/c16-12-3-5-13(6-4-12)19-10-11(8-17-19)9-18-7-1-2-14(18)15(20)21/h3-6,8,10,14H,1-2,7,9H2,(H,20,21)/t14-/m1/s1. The van der Waals surface area contributed by atoms with E-state index in [1.54, 1.807) is 10.9 Å². The van der Waals surface area contributed by atoms with Gasteiger partial charge in [0.1, 0.15) is 6.04 Å². The molecular formula is C15H16ClN3O2. The van der Waals surface area contributed by atoms with Gasteiger partial charge in [-0.1, -0.05) is 11.6 Å². The van der Waals surface area contributed by atoms with Gasteiger partial charge in [-0.05, 0) is 43.7 Å². The van der Waals surface area contributed by atoms with E-state index in [0.717, 1.165) is 30.6 Å². The molecule has 1 aromatic heterocycles. The maximum absolute atomic E-state index is 11.2. The van der Waals surface area contributed by atoms with Gasteiger partial charge in [-0.2, -0.15) is 5.10 Å². The molecule has 0 saturated carbocycles. The van der Waals surface area contributed by atoms with Crippen LogP contribution in [0.3, 0.4) is 0 Å². The van der Waals surface area contributed by atoms with Crippen LogP contribution in [0.15, 0.2) is 36.7 Å². The molecule has 0 bridgehead atoms. The number of rotatable bonds is 4. The van der Waals surface area contributed by atoms with Gasteiger partial charge in [-0.3, -0.25) is 9.69 Å². The van der Waals surface area contributed by atoms with Gasteiger partial charge in [-0.25, -0.2) is 4.68 Å².